The number of aliphatic hydroxyl groups is 1. The molecule has 0 aliphatic rings. The topological polar surface area (TPSA) is 108 Å². The molecule has 0 heterocycles. The van der Waals surface area contributed by atoms with Gasteiger partial charge in [0.1, 0.15) is 13.2 Å². The molecule has 9 heteroatoms. The first-order valence-corrected chi connectivity index (χ1v) is 28.0. The van der Waals surface area contributed by atoms with Gasteiger partial charge in [-0.05, 0) is 38.5 Å². The molecule has 0 aromatic carbocycles. The summed E-state index contributed by atoms with van der Waals surface area (Å²) in [6.07, 6.45) is 52.3. The number of hydrogen-bond donors (Lipinski definition) is 2. The molecular formula is C52H105N2O6P. The number of aliphatic hydroxyl groups excluding tert-OH is 1. The molecule has 0 bridgehead atoms. The first-order valence-electron chi connectivity index (χ1n) is 26.5. The van der Waals surface area contributed by atoms with E-state index in [9.17, 15) is 19.4 Å². The minimum absolute atomic E-state index is 0.0140. The molecule has 61 heavy (non-hydrogen) atoms. The largest absolute Gasteiger partial charge is 0.756 e. The molecule has 2 N–H and O–H groups in total. The summed E-state index contributed by atoms with van der Waals surface area (Å²) in [6, 6.07) is -0.798. The van der Waals surface area contributed by atoms with E-state index in [2.05, 4.69) is 31.3 Å². The maximum Gasteiger partial charge on any atom is 0.268 e. The number of carbonyl (C=O) groups is 1. The van der Waals surface area contributed by atoms with Crippen LogP contribution in [0.1, 0.15) is 264 Å². The molecule has 0 aromatic heterocycles. The zero-order chi connectivity index (χ0) is 45.0. The molecular weight excluding hydrogens is 780 g/mol. The van der Waals surface area contributed by atoms with Gasteiger partial charge >= 0.3 is 0 Å². The van der Waals surface area contributed by atoms with Crippen molar-refractivity contribution >= 4 is 13.7 Å². The van der Waals surface area contributed by atoms with Crippen LogP contribution in [0.3, 0.4) is 0 Å². The quantitative estimate of drug-likeness (QED) is 0.0273. The SMILES string of the molecule is CCCCCCCCCCCCCC/C=C\CCCCCCCCCCCC(=O)NC(COP(=O)([O-])OCC[N+](C)(C)C)C(O)CCCCCCCCCCCCCCCC. The molecule has 0 aliphatic carbocycles. The highest BCUT2D eigenvalue weighted by Gasteiger charge is 2.24. The van der Waals surface area contributed by atoms with E-state index in [1.165, 1.54) is 199 Å². The van der Waals surface area contributed by atoms with Gasteiger partial charge < -0.3 is 28.8 Å². The number of nitrogens with one attached hydrogen (secondary N) is 1. The minimum atomic E-state index is -4.56. The fourth-order valence-corrected chi connectivity index (χ4v) is 8.76. The minimum Gasteiger partial charge on any atom is -0.756 e. The highest BCUT2D eigenvalue weighted by atomic mass is 31.2. The normalized spacial score (nSPS) is 14.1. The molecule has 0 rings (SSSR count). The Morgan fingerprint density at radius 3 is 1.28 bits per heavy atom. The fraction of sp³-hybridized carbons (Fsp3) is 0.942. The molecule has 0 aliphatic heterocycles. The summed E-state index contributed by atoms with van der Waals surface area (Å²) in [7, 11) is 1.31. The predicted octanol–water partition coefficient (Wildman–Crippen LogP) is 14.8. The third-order valence-electron chi connectivity index (χ3n) is 12.3. The summed E-state index contributed by atoms with van der Waals surface area (Å²) in [5.41, 5.74) is 0. The number of rotatable bonds is 49. The van der Waals surface area contributed by atoms with Crippen LogP contribution in [-0.4, -0.2) is 68.5 Å². The van der Waals surface area contributed by atoms with E-state index in [-0.39, 0.29) is 19.1 Å². The van der Waals surface area contributed by atoms with E-state index in [0.717, 1.165) is 38.5 Å². The smallest absolute Gasteiger partial charge is 0.268 e. The molecule has 0 saturated heterocycles. The van der Waals surface area contributed by atoms with Gasteiger partial charge in [-0.3, -0.25) is 9.36 Å². The van der Waals surface area contributed by atoms with E-state index in [4.69, 9.17) is 9.05 Å². The lowest BCUT2D eigenvalue weighted by atomic mass is 10.0. The number of phosphoric ester groups is 1. The number of allylic oxidation sites excluding steroid dienone is 2. The van der Waals surface area contributed by atoms with Crippen LogP contribution >= 0.6 is 7.82 Å². The Labute approximate surface area is 380 Å². The molecule has 8 nitrogen and oxygen atoms in total. The van der Waals surface area contributed by atoms with E-state index in [1.54, 1.807) is 0 Å². The molecule has 0 fully saturated rings. The molecule has 0 saturated carbocycles. The van der Waals surface area contributed by atoms with Crippen LogP contribution in [0, 0.1) is 0 Å². The Kier molecular flexibility index (Phi) is 43.9. The number of nitrogens with zero attached hydrogens (tertiary/aromatic N) is 1. The van der Waals surface area contributed by atoms with Crippen molar-refractivity contribution in [1.82, 2.24) is 5.32 Å². The first kappa shape index (κ1) is 60.2. The summed E-state index contributed by atoms with van der Waals surface area (Å²) in [4.78, 5) is 25.4. The monoisotopic (exact) mass is 885 g/mol. The van der Waals surface area contributed by atoms with Crippen LogP contribution in [0.4, 0.5) is 0 Å². The Hall–Kier alpha value is -0.760. The van der Waals surface area contributed by atoms with Crippen molar-refractivity contribution in [3.63, 3.8) is 0 Å². The van der Waals surface area contributed by atoms with Crippen molar-refractivity contribution in [2.75, 3.05) is 40.9 Å². The average Bonchev–Trinajstić information content (AvgIpc) is 3.21. The van der Waals surface area contributed by atoms with Crippen LogP contribution in [0.2, 0.25) is 0 Å². The lowest BCUT2D eigenvalue weighted by Gasteiger charge is -2.30. The fourth-order valence-electron chi connectivity index (χ4n) is 8.04. The number of quaternary nitrogens is 1. The Morgan fingerprint density at radius 2 is 0.902 bits per heavy atom. The molecule has 0 spiro atoms. The lowest BCUT2D eigenvalue weighted by Crippen LogP contribution is -2.46. The molecule has 364 valence electrons. The van der Waals surface area contributed by atoms with Crippen molar-refractivity contribution in [3.8, 4) is 0 Å². The zero-order valence-electron chi connectivity index (χ0n) is 41.4. The van der Waals surface area contributed by atoms with Gasteiger partial charge in [-0.25, -0.2) is 0 Å². The van der Waals surface area contributed by atoms with Crippen LogP contribution in [0.5, 0.6) is 0 Å². The van der Waals surface area contributed by atoms with Crippen molar-refractivity contribution in [1.29, 1.82) is 0 Å². The van der Waals surface area contributed by atoms with Crippen LogP contribution < -0.4 is 10.2 Å². The van der Waals surface area contributed by atoms with Gasteiger partial charge in [0.2, 0.25) is 5.91 Å². The summed E-state index contributed by atoms with van der Waals surface area (Å²) in [5, 5.41) is 14.0. The number of likely N-dealkylation sites (N-methyl/N-ethyl adjacent to an activating group) is 1. The predicted molar refractivity (Wildman–Crippen MR) is 261 cm³/mol. The number of amides is 1. The van der Waals surface area contributed by atoms with E-state index >= 15 is 0 Å². The standard InChI is InChI=1S/C52H105N2O6P/c1-6-8-10-12-14-16-18-20-22-23-24-25-26-27-28-29-30-31-32-34-36-38-40-42-44-46-52(56)53-50(49-60-61(57,58)59-48-47-54(3,4)5)51(55)45-43-41-39-37-35-33-21-19-17-15-13-11-9-7-2/h27-28,50-51,55H,6-26,29-49H2,1-5H3,(H-,53,56,57,58)/b28-27-. The molecule has 0 radical (unpaired) electrons. The lowest BCUT2D eigenvalue weighted by molar-refractivity contribution is -0.870. The van der Waals surface area contributed by atoms with Crippen LogP contribution in [0.15, 0.2) is 12.2 Å². The Balaban J connectivity index is 4.15. The number of carbonyl (C=O) groups excluding carboxylic acids is 1. The zero-order valence-corrected chi connectivity index (χ0v) is 42.3. The third kappa shape index (κ3) is 47.0. The maximum atomic E-state index is 12.9. The second-order valence-electron chi connectivity index (χ2n) is 19.6. The second kappa shape index (κ2) is 44.4. The number of hydrogen-bond acceptors (Lipinski definition) is 6. The van der Waals surface area contributed by atoms with Crippen molar-refractivity contribution < 1.29 is 32.9 Å². The van der Waals surface area contributed by atoms with E-state index < -0.39 is 20.0 Å². The van der Waals surface area contributed by atoms with E-state index in [0.29, 0.717) is 23.9 Å². The van der Waals surface area contributed by atoms with Gasteiger partial charge in [0, 0.05) is 6.42 Å². The Morgan fingerprint density at radius 1 is 0.557 bits per heavy atom. The van der Waals surface area contributed by atoms with Gasteiger partial charge in [-0.1, -0.05) is 231 Å². The van der Waals surface area contributed by atoms with Gasteiger partial charge in [-0.2, -0.15) is 0 Å². The highest BCUT2D eigenvalue weighted by Crippen LogP contribution is 2.38. The average molecular weight is 885 g/mol. The van der Waals surface area contributed by atoms with Gasteiger partial charge in [-0.15, -0.1) is 0 Å². The van der Waals surface area contributed by atoms with Gasteiger partial charge in [0.15, 0.2) is 0 Å². The summed E-state index contributed by atoms with van der Waals surface area (Å²) in [5.74, 6) is -0.163. The molecule has 1 amide bonds. The number of unbranched alkanes of at least 4 members (excludes halogenated alkanes) is 34. The molecule has 3 unspecified atom stereocenters. The third-order valence-corrected chi connectivity index (χ3v) is 13.2. The summed E-state index contributed by atoms with van der Waals surface area (Å²) in [6.45, 7) is 4.75. The van der Waals surface area contributed by atoms with Crippen LogP contribution in [0.25, 0.3) is 0 Å². The first-order chi connectivity index (χ1) is 29.5. The molecule has 3 atom stereocenters. The number of phosphoric acid groups is 1. The molecule has 0 aromatic rings. The second-order valence-corrected chi connectivity index (χ2v) is 21.0. The Bertz CT molecular complexity index is 1000. The summed E-state index contributed by atoms with van der Waals surface area (Å²) < 4.78 is 23.3. The van der Waals surface area contributed by atoms with Gasteiger partial charge in [0.05, 0.1) is 39.9 Å². The van der Waals surface area contributed by atoms with Crippen molar-refractivity contribution in [3.05, 3.63) is 12.2 Å². The maximum absolute atomic E-state index is 12.9. The van der Waals surface area contributed by atoms with E-state index in [1.807, 2.05) is 21.1 Å². The van der Waals surface area contributed by atoms with Crippen molar-refractivity contribution in [2.24, 2.45) is 0 Å². The van der Waals surface area contributed by atoms with Crippen LogP contribution in [-0.2, 0) is 18.4 Å². The highest BCUT2D eigenvalue weighted by molar-refractivity contribution is 7.45. The summed E-state index contributed by atoms with van der Waals surface area (Å²) >= 11 is 0. The van der Waals surface area contributed by atoms with Gasteiger partial charge in [0.25, 0.3) is 7.82 Å². The van der Waals surface area contributed by atoms with Crippen molar-refractivity contribution in [2.45, 2.75) is 276 Å².